The van der Waals surface area contributed by atoms with Gasteiger partial charge in [-0.2, -0.15) is 0 Å². The van der Waals surface area contributed by atoms with Crippen molar-refractivity contribution in [3.05, 3.63) is 100 Å². The van der Waals surface area contributed by atoms with E-state index in [1.807, 2.05) is 30.3 Å². The molecule has 7 heteroatoms. The van der Waals surface area contributed by atoms with Gasteiger partial charge in [0.25, 0.3) is 11.7 Å². The number of aliphatic hydroxyl groups is 1. The van der Waals surface area contributed by atoms with E-state index in [0.717, 1.165) is 18.4 Å². The molecule has 1 atom stereocenters. The number of aliphatic hydroxyl groups excluding tert-OH is 1. The molecule has 1 fully saturated rings. The van der Waals surface area contributed by atoms with Gasteiger partial charge < -0.3 is 19.5 Å². The van der Waals surface area contributed by atoms with Gasteiger partial charge in [0.15, 0.2) is 11.5 Å². The second-order valence-corrected chi connectivity index (χ2v) is 8.97. The van der Waals surface area contributed by atoms with E-state index in [-0.39, 0.29) is 17.9 Å². The van der Waals surface area contributed by atoms with E-state index >= 15 is 0 Å². The Balaban J connectivity index is 1.82. The third-order valence-corrected chi connectivity index (χ3v) is 6.36. The van der Waals surface area contributed by atoms with Crippen LogP contribution in [0.3, 0.4) is 0 Å². The van der Waals surface area contributed by atoms with Gasteiger partial charge in [0, 0.05) is 17.1 Å². The number of ketones is 1. The maximum Gasteiger partial charge on any atom is 0.295 e. The lowest BCUT2D eigenvalue weighted by Crippen LogP contribution is -2.29. The van der Waals surface area contributed by atoms with Crippen molar-refractivity contribution in [2.75, 3.05) is 13.7 Å². The minimum atomic E-state index is -0.820. The Hall–Kier alpha value is -3.77. The van der Waals surface area contributed by atoms with Crippen molar-refractivity contribution in [2.24, 2.45) is 0 Å². The maximum absolute atomic E-state index is 13.3. The van der Waals surface area contributed by atoms with Gasteiger partial charge in [-0.05, 0) is 53.9 Å². The Morgan fingerprint density at radius 2 is 1.72 bits per heavy atom. The van der Waals surface area contributed by atoms with E-state index in [1.165, 1.54) is 4.90 Å². The van der Waals surface area contributed by atoms with E-state index in [0.29, 0.717) is 34.3 Å². The first-order valence-corrected chi connectivity index (χ1v) is 12.2. The molecule has 0 saturated carbocycles. The molecule has 4 rings (SSSR count). The van der Waals surface area contributed by atoms with Crippen LogP contribution in [0.1, 0.15) is 42.5 Å². The number of hydrogen-bond donors (Lipinski definition) is 1. The second kappa shape index (κ2) is 11.3. The van der Waals surface area contributed by atoms with Crippen molar-refractivity contribution < 1.29 is 24.2 Å². The summed E-state index contributed by atoms with van der Waals surface area (Å²) in [6.07, 6.45) is 1.91. The summed E-state index contributed by atoms with van der Waals surface area (Å²) in [5.74, 6) is -0.618. The summed E-state index contributed by atoms with van der Waals surface area (Å²) in [6.45, 7) is 2.83. The van der Waals surface area contributed by atoms with Gasteiger partial charge >= 0.3 is 0 Å². The molecular formula is C29H28ClNO5. The average Bonchev–Trinajstić information content (AvgIpc) is 3.14. The number of ether oxygens (including phenoxy) is 2. The van der Waals surface area contributed by atoms with Crippen LogP contribution in [0.15, 0.2) is 78.4 Å². The Kier molecular flexibility index (Phi) is 7.96. The average molecular weight is 506 g/mol. The summed E-state index contributed by atoms with van der Waals surface area (Å²) in [5, 5.41) is 11.7. The fourth-order valence-corrected chi connectivity index (χ4v) is 4.36. The lowest BCUT2D eigenvalue weighted by molar-refractivity contribution is -0.140. The van der Waals surface area contributed by atoms with E-state index in [2.05, 4.69) is 6.92 Å². The highest BCUT2D eigenvalue weighted by atomic mass is 35.5. The Morgan fingerprint density at radius 3 is 2.39 bits per heavy atom. The van der Waals surface area contributed by atoms with Gasteiger partial charge in [0.05, 0.1) is 25.3 Å². The minimum absolute atomic E-state index is 0.0138. The number of nitrogens with zero attached hydrogens (tertiary/aromatic N) is 1. The molecule has 1 amide bonds. The van der Waals surface area contributed by atoms with Crippen molar-refractivity contribution in [1.29, 1.82) is 0 Å². The van der Waals surface area contributed by atoms with Gasteiger partial charge in [0.2, 0.25) is 0 Å². The first kappa shape index (κ1) is 25.3. The highest BCUT2D eigenvalue weighted by Gasteiger charge is 2.46. The number of likely N-dealkylation sites (tertiary alicyclic amines) is 1. The van der Waals surface area contributed by atoms with Gasteiger partial charge in [-0.3, -0.25) is 9.59 Å². The SMILES string of the molecule is CCCCOc1ccc(C2/C(=C(\O)c3ccc(Cl)cc3)C(=O)C(=O)N2Cc2ccccc2)cc1OC. The first-order valence-electron chi connectivity index (χ1n) is 11.8. The lowest BCUT2D eigenvalue weighted by Gasteiger charge is -2.26. The van der Waals surface area contributed by atoms with Crippen molar-refractivity contribution in [1.82, 2.24) is 4.90 Å². The quantitative estimate of drug-likeness (QED) is 0.163. The maximum atomic E-state index is 13.3. The largest absolute Gasteiger partial charge is 0.507 e. The van der Waals surface area contributed by atoms with E-state index < -0.39 is 17.7 Å². The normalized spacial score (nSPS) is 16.9. The molecule has 1 aliphatic rings. The van der Waals surface area contributed by atoms with Crippen LogP contribution in [0, 0.1) is 0 Å². The summed E-state index contributed by atoms with van der Waals surface area (Å²) in [5.41, 5.74) is 1.90. The molecule has 3 aromatic rings. The fourth-order valence-electron chi connectivity index (χ4n) is 4.23. The van der Waals surface area contributed by atoms with Crippen LogP contribution in [-0.4, -0.2) is 35.4 Å². The van der Waals surface area contributed by atoms with E-state index in [9.17, 15) is 14.7 Å². The predicted octanol–water partition coefficient (Wildman–Crippen LogP) is 6.15. The standard InChI is InChI=1S/C29H28ClNO5/c1-3-4-16-36-23-15-12-21(17-24(23)35-2)26-25(27(32)20-10-13-22(30)14-11-20)28(33)29(34)31(26)18-19-8-6-5-7-9-19/h5-15,17,26,32H,3-4,16,18H2,1-2H3/b27-25+. The Labute approximate surface area is 215 Å². The molecule has 1 aliphatic heterocycles. The molecule has 0 spiro atoms. The number of hydrogen-bond acceptors (Lipinski definition) is 5. The predicted molar refractivity (Wildman–Crippen MR) is 139 cm³/mol. The van der Waals surface area contributed by atoms with E-state index in [1.54, 1.807) is 49.6 Å². The zero-order chi connectivity index (χ0) is 25.7. The van der Waals surface area contributed by atoms with Crippen LogP contribution in [0.5, 0.6) is 11.5 Å². The second-order valence-electron chi connectivity index (χ2n) is 8.53. The molecule has 0 radical (unpaired) electrons. The molecule has 36 heavy (non-hydrogen) atoms. The molecule has 0 bridgehead atoms. The third kappa shape index (κ3) is 5.24. The first-order chi connectivity index (χ1) is 17.4. The van der Waals surface area contributed by atoms with Crippen molar-refractivity contribution in [3.63, 3.8) is 0 Å². The van der Waals surface area contributed by atoms with Gasteiger partial charge in [-0.25, -0.2) is 0 Å². The summed E-state index contributed by atoms with van der Waals surface area (Å²) < 4.78 is 11.4. The van der Waals surface area contributed by atoms with Gasteiger partial charge in [0.1, 0.15) is 5.76 Å². The lowest BCUT2D eigenvalue weighted by atomic mass is 9.94. The van der Waals surface area contributed by atoms with Crippen LogP contribution in [0.25, 0.3) is 5.76 Å². The van der Waals surface area contributed by atoms with Crippen LogP contribution in [0.2, 0.25) is 5.02 Å². The highest BCUT2D eigenvalue weighted by molar-refractivity contribution is 6.46. The summed E-state index contributed by atoms with van der Waals surface area (Å²) >= 11 is 6.01. The third-order valence-electron chi connectivity index (χ3n) is 6.11. The monoisotopic (exact) mass is 505 g/mol. The zero-order valence-corrected chi connectivity index (χ0v) is 21.0. The van der Waals surface area contributed by atoms with Crippen molar-refractivity contribution >= 4 is 29.1 Å². The molecule has 0 aliphatic carbocycles. The molecule has 1 saturated heterocycles. The number of carbonyl (C=O) groups is 2. The van der Waals surface area contributed by atoms with Crippen LogP contribution in [0.4, 0.5) is 0 Å². The summed E-state index contributed by atoms with van der Waals surface area (Å²) in [7, 11) is 1.54. The zero-order valence-electron chi connectivity index (χ0n) is 20.2. The number of amides is 1. The van der Waals surface area contributed by atoms with Gasteiger partial charge in [-0.1, -0.05) is 61.3 Å². The summed E-state index contributed by atoms with van der Waals surface area (Å²) in [4.78, 5) is 28.0. The van der Waals surface area contributed by atoms with Crippen molar-refractivity contribution in [2.45, 2.75) is 32.4 Å². The van der Waals surface area contributed by atoms with Gasteiger partial charge in [-0.15, -0.1) is 0 Å². The number of carbonyl (C=O) groups excluding carboxylic acids is 2. The highest BCUT2D eigenvalue weighted by Crippen LogP contribution is 2.42. The number of rotatable bonds is 9. The van der Waals surface area contributed by atoms with Crippen LogP contribution < -0.4 is 9.47 Å². The molecule has 1 heterocycles. The van der Waals surface area contributed by atoms with Crippen LogP contribution in [-0.2, 0) is 16.1 Å². The number of benzene rings is 3. The smallest absolute Gasteiger partial charge is 0.295 e. The fraction of sp³-hybridized carbons (Fsp3) is 0.241. The number of Topliss-reactive ketones (excluding diaryl/α,β-unsaturated/α-hetero) is 1. The topological polar surface area (TPSA) is 76.1 Å². The van der Waals surface area contributed by atoms with Crippen LogP contribution >= 0.6 is 11.6 Å². The Bertz CT molecular complexity index is 1270. The molecule has 6 nitrogen and oxygen atoms in total. The minimum Gasteiger partial charge on any atom is -0.507 e. The molecule has 186 valence electrons. The van der Waals surface area contributed by atoms with Crippen molar-refractivity contribution in [3.8, 4) is 11.5 Å². The molecular weight excluding hydrogens is 478 g/mol. The summed E-state index contributed by atoms with van der Waals surface area (Å²) in [6, 6.07) is 20.4. The van der Waals surface area contributed by atoms with E-state index in [4.69, 9.17) is 21.1 Å². The molecule has 1 unspecified atom stereocenters. The Morgan fingerprint density at radius 1 is 1.00 bits per heavy atom. The number of methoxy groups -OCH3 is 1. The number of halogens is 1. The molecule has 1 N–H and O–H groups in total. The molecule has 3 aromatic carbocycles. The number of unbranched alkanes of at least 4 members (excludes halogenated alkanes) is 1. The molecule has 0 aromatic heterocycles.